The number of carbonyl (C=O) groups is 3. The molecule has 1 aromatic heterocycles. The Labute approximate surface area is 160 Å². The van der Waals surface area contributed by atoms with Crippen molar-refractivity contribution >= 4 is 41.0 Å². The fraction of sp³-hybridized carbons (Fsp3) is 0.125. The molecular formula is C16H12ClF3N4O4. The van der Waals surface area contributed by atoms with E-state index < -0.39 is 41.3 Å². The second kappa shape index (κ2) is 8.57. The largest absolute Gasteiger partial charge is 0.452 e. The summed E-state index contributed by atoms with van der Waals surface area (Å²) in [5, 5.41) is 4.01. The number of hydrogen-bond acceptors (Lipinski definition) is 5. The summed E-state index contributed by atoms with van der Waals surface area (Å²) in [5.41, 5.74) is 4.32. The van der Waals surface area contributed by atoms with Crippen LogP contribution >= 0.6 is 11.6 Å². The SMILES string of the molecule is NC(=O)Nc1ccc(C(=O)OCC(=O)Nc2ncc(C(F)(F)F)cc2Cl)cc1. The Kier molecular flexibility index (Phi) is 6.41. The zero-order valence-corrected chi connectivity index (χ0v) is 14.6. The van der Waals surface area contributed by atoms with Crippen molar-refractivity contribution in [1.29, 1.82) is 0 Å². The van der Waals surface area contributed by atoms with Gasteiger partial charge >= 0.3 is 18.2 Å². The summed E-state index contributed by atoms with van der Waals surface area (Å²) < 4.78 is 42.4. The van der Waals surface area contributed by atoms with Gasteiger partial charge in [-0.25, -0.2) is 14.6 Å². The first-order chi connectivity index (χ1) is 13.1. The molecule has 0 atom stereocenters. The number of hydrogen-bond donors (Lipinski definition) is 3. The number of pyridine rings is 1. The first kappa shape index (κ1) is 21.0. The van der Waals surface area contributed by atoms with Crippen LogP contribution in [0.3, 0.4) is 0 Å². The quantitative estimate of drug-likeness (QED) is 0.646. The number of carbonyl (C=O) groups excluding carboxylic acids is 3. The summed E-state index contributed by atoms with van der Waals surface area (Å²) in [5.74, 6) is -2.00. The smallest absolute Gasteiger partial charge is 0.417 e. The molecule has 0 fully saturated rings. The predicted molar refractivity (Wildman–Crippen MR) is 92.8 cm³/mol. The summed E-state index contributed by atoms with van der Waals surface area (Å²) in [6.07, 6.45) is -4.12. The lowest BCUT2D eigenvalue weighted by Gasteiger charge is -2.10. The van der Waals surface area contributed by atoms with Gasteiger partial charge in [0.15, 0.2) is 12.4 Å². The molecule has 0 aliphatic carbocycles. The Morgan fingerprint density at radius 3 is 2.32 bits per heavy atom. The molecule has 2 rings (SSSR count). The number of amides is 3. The molecular weight excluding hydrogens is 405 g/mol. The molecule has 28 heavy (non-hydrogen) atoms. The molecule has 2 aromatic rings. The van der Waals surface area contributed by atoms with Crippen LogP contribution in [-0.4, -0.2) is 29.5 Å². The molecule has 0 bridgehead atoms. The number of benzene rings is 1. The van der Waals surface area contributed by atoms with E-state index in [1.165, 1.54) is 24.3 Å². The Bertz CT molecular complexity index is 904. The Balaban J connectivity index is 1.91. The highest BCUT2D eigenvalue weighted by atomic mass is 35.5. The summed E-state index contributed by atoms with van der Waals surface area (Å²) in [4.78, 5) is 37.8. The molecule has 12 heteroatoms. The van der Waals surface area contributed by atoms with Crippen LogP contribution in [0.5, 0.6) is 0 Å². The second-order valence-corrected chi connectivity index (χ2v) is 5.65. The van der Waals surface area contributed by atoms with E-state index in [2.05, 4.69) is 15.6 Å². The normalized spacial score (nSPS) is 10.9. The summed E-state index contributed by atoms with van der Waals surface area (Å²) in [7, 11) is 0. The summed E-state index contributed by atoms with van der Waals surface area (Å²) >= 11 is 5.67. The third-order valence-corrected chi connectivity index (χ3v) is 3.44. The highest BCUT2D eigenvalue weighted by Gasteiger charge is 2.31. The van der Waals surface area contributed by atoms with Crippen molar-refractivity contribution in [3.8, 4) is 0 Å². The van der Waals surface area contributed by atoms with Crippen LogP contribution in [0.1, 0.15) is 15.9 Å². The molecule has 4 N–H and O–H groups in total. The van der Waals surface area contributed by atoms with Gasteiger partial charge in [0.1, 0.15) is 0 Å². The fourth-order valence-corrected chi connectivity index (χ4v) is 2.11. The Hall–Kier alpha value is -3.34. The first-order valence-corrected chi connectivity index (χ1v) is 7.80. The van der Waals surface area contributed by atoms with Crippen LogP contribution < -0.4 is 16.4 Å². The van der Waals surface area contributed by atoms with Crippen LogP contribution in [0, 0.1) is 0 Å². The van der Waals surface area contributed by atoms with Crippen LogP contribution in [0.2, 0.25) is 5.02 Å². The van der Waals surface area contributed by atoms with Crippen molar-refractivity contribution in [2.45, 2.75) is 6.18 Å². The number of halogens is 4. The van der Waals surface area contributed by atoms with Crippen LogP contribution in [0.4, 0.5) is 29.5 Å². The van der Waals surface area contributed by atoms with Gasteiger partial charge in [0.05, 0.1) is 16.1 Å². The van der Waals surface area contributed by atoms with Crippen LogP contribution in [0.25, 0.3) is 0 Å². The monoisotopic (exact) mass is 416 g/mol. The van der Waals surface area contributed by atoms with E-state index >= 15 is 0 Å². The highest BCUT2D eigenvalue weighted by Crippen LogP contribution is 2.32. The molecule has 8 nitrogen and oxygen atoms in total. The number of urea groups is 1. The minimum absolute atomic E-state index is 0.0912. The van der Waals surface area contributed by atoms with E-state index in [0.717, 1.165) is 0 Å². The number of alkyl halides is 3. The topological polar surface area (TPSA) is 123 Å². The molecule has 0 saturated carbocycles. The molecule has 0 saturated heterocycles. The van der Waals surface area contributed by atoms with Gasteiger partial charge in [-0.1, -0.05) is 11.6 Å². The number of anilines is 2. The maximum atomic E-state index is 12.5. The minimum atomic E-state index is -4.63. The third kappa shape index (κ3) is 5.84. The molecule has 0 unspecified atom stereocenters. The van der Waals surface area contributed by atoms with E-state index in [4.69, 9.17) is 22.1 Å². The molecule has 3 amide bonds. The number of nitrogens with two attached hydrogens (primary N) is 1. The maximum Gasteiger partial charge on any atom is 0.417 e. The van der Waals surface area contributed by atoms with Gasteiger partial charge in [-0.2, -0.15) is 13.2 Å². The van der Waals surface area contributed by atoms with E-state index in [1.807, 2.05) is 0 Å². The van der Waals surface area contributed by atoms with Crippen molar-refractivity contribution in [2.75, 3.05) is 17.2 Å². The molecule has 0 radical (unpaired) electrons. The van der Waals surface area contributed by atoms with Gasteiger partial charge in [-0.3, -0.25) is 4.79 Å². The van der Waals surface area contributed by atoms with Crippen molar-refractivity contribution < 1.29 is 32.3 Å². The summed E-state index contributed by atoms with van der Waals surface area (Å²) in [6.45, 7) is -0.723. The standard InChI is InChI=1S/C16H12ClF3N4O4/c17-11-5-9(16(18,19)20)6-22-13(11)24-12(25)7-28-14(26)8-1-3-10(4-2-8)23-15(21)27/h1-6H,7H2,(H3,21,23,27)(H,22,24,25). The zero-order valence-electron chi connectivity index (χ0n) is 13.8. The number of aromatic nitrogens is 1. The average Bonchev–Trinajstić information content (AvgIpc) is 2.60. The molecule has 0 aliphatic heterocycles. The predicted octanol–water partition coefficient (Wildman–Crippen LogP) is 3.04. The second-order valence-electron chi connectivity index (χ2n) is 5.24. The lowest BCUT2D eigenvalue weighted by Crippen LogP contribution is -2.22. The maximum absolute atomic E-state index is 12.5. The van der Waals surface area contributed by atoms with Crippen molar-refractivity contribution in [2.24, 2.45) is 5.73 Å². The number of primary amides is 1. The van der Waals surface area contributed by atoms with E-state index in [-0.39, 0.29) is 11.4 Å². The molecule has 1 heterocycles. The van der Waals surface area contributed by atoms with Gasteiger partial charge in [0.25, 0.3) is 5.91 Å². The number of nitrogens with zero attached hydrogens (tertiary/aromatic N) is 1. The van der Waals surface area contributed by atoms with Crippen LogP contribution in [0.15, 0.2) is 36.5 Å². The lowest BCUT2D eigenvalue weighted by molar-refractivity contribution is -0.137. The van der Waals surface area contributed by atoms with Gasteiger partial charge in [-0.15, -0.1) is 0 Å². The molecule has 0 spiro atoms. The van der Waals surface area contributed by atoms with E-state index in [9.17, 15) is 27.6 Å². The molecule has 0 aliphatic rings. The Morgan fingerprint density at radius 1 is 1.14 bits per heavy atom. The van der Waals surface area contributed by atoms with Gasteiger partial charge in [0, 0.05) is 11.9 Å². The van der Waals surface area contributed by atoms with Gasteiger partial charge < -0.3 is 21.1 Å². The number of rotatable bonds is 5. The zero-order chi connectivity index (χ0) is 20.9. The van der Waals surface area contributed by atoms with Gasteiger partial charge in [0.2, 0.25) is 0 Å². The van der Waals surface area contributed by atoms with E-state index in [0.29, 0.717) is 18.0 Å². The lowest BCUT2D eigenvalue weighted by atomic mass is 10.2. The minimum Gasteiger partial charge on any atom is -0.452 e. The number of ether oxygens (including phenoxy) is 1. The summed E-state index contributed by atoms with van der Waals surface area (Å²) in [6, 6.07) is 5.29. The fourth-order valence-electron chi connectivity index (χ4n) is 1.90. The van der Waals surface area contributed by atoms with E-state index in [1.54, 1.807) is 0 Å². The highest BCUT2D eigenvalue weighted by molar-refractivity contribution is 6.33. The molecule has 1 aromatic carbocycles. The van der Waals surface area contributed by atoms with Gasteiger partial charge in [-0.05, 0) is 30.3 Å². The molecule has 148 valence electrons. The average molecular weight is 417 g/mol. The number of nitrogens with one attached hydrogen (secondary N) is 2. The first-order valence-electron chi connectivity index (χ1n) is 7.42. The van der Waals surface area contributed by atoms with Crippen molar-refractivity contribution in [3.05, 3.63) is 52.7 Å². The van der Waals surface area contributed by atoms with Crippen molar-refractivity contribution in [3.63, 3.8) is 0 Å². The number of esters is 1. The Morgan fingerprint density at radius 2 is 1.79 bits per heavy atom. The van der Waals surface area contributed by atoms with Crippen molar-refractivity contribution in [1.82, 2.24) is 4.98 Å². The third-order valence-electron chi connectivity index (χ3n) is 3.15. The van der Waals surface area contributed by atoms with Crippen LogP contribution in [-0.2, 0) is 15.7 Å².